The summed E-state index contributed by atoms with van der Waals surface area (Å²) < 4.78 is 4.98. The second-order valence-electron chi connectivity index (χ2n) is 6.72. The number of hydrogen-bond donors (Lipinski definition) is 1. The van der Waals surface area contributed by atoms with Crippen molar-refractivity contribution < 1.29 is 23.9 Å². The van der Waals surface area contributed by atoms with Gasteiger partial charge >= 0.3 is 5.97 Å². The SMILES string of the molecule is CCC[C@H](NC(=O)COC(=O)CN1C(=O)c2ccccc2C1=O)c1ccccc1. The van der Waals surface area contributed by atoms with Gasteiger partial charge < -0.3 is 10.1 Å². The van der Waals surface area contributed by atoms with Crippen LogP contribution in [0.3, 0.4) is 0 Å². The lowest BCUT2D eigenvalue weighted by Crippen LogP contribution is -2.37. The number of nitrogens with zero attached hydrogens (tertiary/aromatic N) is 1. The van der Waals surface area contributed by atoms with Gasteiger partial charge in [0.15, 0.2) is 6.61 Å². The molecule has 29 heavy (non-hydrogen) atoms. The third-order valence-corrected chi connectivity index (χ3v) is 4.64. The standard InChI is InChI=1S/C22H22N2O5/c1-2-8-18(15-9-4-3-5-10-15)23-19(25)14-29-20(26)13-24-21(27)16-11-6-7-12-17(16)22(24)28/h3-7,9-12,18H,2,8,13-14H2,1H3,(H,23,25)/t18-/m0/s1. The normalized spacial score (nSPS) is 13.8. The van der Waals surface area contributed by atoms with Gasteiger partial charge in [0.2, 0.25) is 0 Å². The van der Waals surface area contributed by atoms with Crippen molar-refractivity contribution in [3.8, 4) is 0 Å². The van der Waals surface area contributed by atoms with Gasteiger partial charge in [-0.25, -0.2) is 0 Å². The number of amides is 3. The van der Waals surface area contributed by atoms with Gasteiger partial charge in [-0.05, 0) is 24.1 Å². The maximum atomic E-state index is 12.3. The van der Waals surface area contributed by atoms with Crippen LogP contribution in [-0.2, 0) is 14.3 Å². The molecule has 3 rings (SSSR count). The summed E-state index contributed by atoms with van der Waals surface area (Å²) in [5.41, 5.74) is 1.49. The Morgan fingerprint density at radius 3 is 2.14 bits per heavy atom. The maximum Gasteiger partial charge on any atom is 0.326 e. The number of carbonyl (C=O) groups excluding carboxylic acids is 4. The average molecular weight is 394 g/mol. The highest BCUT2D eigenvalue weighted by Gasteiger charge is 2.36. The summed E-state index contributed by atoms with van der Waals surface area (Å²) in [6.45, 7) is 1.01. The number of ether oxygens (including phenoxy) is 1. The van der Waals surface area contributed by atoms with Gasteiger partial charge in [-0.15, -0.1) is 0 Å². The zero-order valence-corrected chi connectivity index (χ0v) is 16.1. The Morgan fingerprint density at radius 1 is 0.966 bits per heavy atom. The van der Waals surface area contributed by atoms with Crippen molar-refractivity contribution in [1.82, 2.24) is 10.2 Å². The van der Waals surface area contributed by atoms with E-state index in [0.29, 0.717) is 0 Å². The van der Waals surface area contributed by atoms with Crippen molar-refractivity contribution in [1.29, 1.82) is 0 Å². The molecule has 0 radical (unpaired) electrons. The van der Waals surface area contributed by atoms with Gasteiger partial charge in [-0.3, -0.25) is 24.1 Å². The van der Waals surface area contributed by atoms with Gasteiger partial charge in [0, 0.05) is 0 Å². The first-order valence-corrected chi connectivity index (χ1v) is 9.46. The van der Waals surface area contributed by atoms with Gasteiger partial charge in [0.25, 0.3) is 17.7 Å². The molecule has 1 aliphatic heterocycles. The number of carbonyl (C=O) groups is 4. The second kappa shape index (κ2) is 9.14. The van der Waals surface area contributed by atoms with E-state index in [1.807, 2.05) is 37.3 Å². The third-order valence-electron chi connectivity index (χ3n) is 4.64. The van der Waals surface area contributed by atoms with E-state index in [1.54, 1.807) is 12.1 Å². The second-order valence-corrected chi connectivity index (χ2v) is 6.72. The zero-order valence-electron chi connectivity index (χ0n) is 16.1. The van der Waals surface area contributed by atoms with Crippen LogP contribution < -0.4 is 5.32 Å². The van der Waals surface area contributed by atoms with Gasteiger partial charge in [0.1, 0.15) is 6.54 Å². The van der Waals surface area contributed by atoms with Gasteiger partial charge in [0.05, 0.1) is 17.2 Å². The molecule has 0 fully saturated rings. The van der Waals surface area contributed by atoms with Crippen molar-refractivity contribution in [2.24, 2.45) is 0 Å². The fourth-order valence-corrected chi connectivity index (χ4v) is 3.24. The monoisotopic (exact) mass is 394 g/mol. The van der Waals surface area contributed by atoms with Crippen LogP contribution in [0.15, 0.2) is 54.6 Å². The zero-order chi connectivity index (χ0) is 20.8. The lowest BCUT2D eigenvalue weighted by molar-refractivity contribution is -0.148. The van der Waals surface area contributed by atoms with Crippen molar-refractivity contribution in [2.45, 2.75) is 25.8 Å². The molecule has 0 saturated carbocycles. The Balaban J connectivity index is 1.52. The molecular formula is C22H22N2O5. The van der Waals surface area contributed by atoms with Crippen molar-refractivity contribution >= 4 is 23.7 Å². The summed E-state index contributed by atoms with van der Waals surface area (Å²) >= 11 is 0. The molecule has 0 aromatic heterocycles. The van der Waals surface area contributed by atoms with Crippen molar-refractivity contribution in [2.75, 3.05) is 13.2 Å². The first kappa shape index (κ1) is 20.3. The van der Waals surface area contributed by atoms with Crippen LogP contribution in [0, 0.1) is 0 Å². The number of nitrogens with one attached hydrogen (secondary N) is 1. The largest absolute Gasteiger partial charge is 0.454 e. The highest BCUT2D eigenvalue weighted by molar-refractivity contribution is 6.22. The van der Waals surface area contributed by atoms with Gasteiger partial charge in [-0.2, -0.15) is 0 Å². The Labute approximate surface area is 168 Å². The first-order valence-electron chi connectivity index (χ1n) is 9.46. The molecule has 0 spiro atoms. The van der Waals surface area contributed by atoms with Crippen molar-refractivity contribution in [3.05, 3.63) is 71.3 Å². The third kappa shape index (κ3) is 4.68. The summed E-state index contributed by atoms with van der Waals surface area (Å²) in [5.74, 6) is -2.34. The van der Waals surface area contributed by atoms with Crippen LogP contribution >= 0.6 is 0 Å². The van der Waals surface area contributed by atoms with Crippen LogP contribution in [0.5, 0.6) is 0 Å². The predicted octanol–water partition coefficient (Wildman–Crippen LogP) is 2.48. The number of benzene rings is 2. The van der Waals surface area contributed by atoms with E-state index in [9.17, 15) is 19.2 Å². The predicted molar refractivity (Wildman–Crippen MR) is 105 cm³/mol. The van der Waals surface area contributed by atoms with E-state index in [2.05, 4.69) is 5.32 Å². The molecule has 1 aliphatic rings. The van der Waals surface area contributed by atoms with Crippen LogP contribution in [0.4, 0.5) is 0 Å². The van der Waals surface area contributed by atoms with E-state index < -0.39 is 36.8 Å². The van der Waals surface area contributed by atoms with E-state index in [4.69, 9.17) is 4.74 Å². The number of esters is 1. The molecule has 1 atom stereocenters. The Morgan fingerprint density at radius 2 is 1.55 bits per heavy atom. The molecule has 1 heterocycles. The number of fused-ring (bicyclic) bond motifs is 1. The number of rotatable bonds is 8. The summed E-state index contributed by atoms with van der Waals surface area (Å²) in [6.07, 6.45) is 1.62. The molecule has 7 nitrogen and oxygen atoms in total. The minimum atomic E-state index is -0.818. The topological polar surface area (TPSA) is 92.8 Å². The van der Waals surface area contributed by atoms with Crippen molar-refractivity contribution in [3.63, 3.8) is 0 Å². The average Bonchev–Trinajstić information content (AvgIpc) is 2.98. The molecule has 0 unspecified atom stereocenters. The lowest BCUT2D eigenvalue weighted by Gasteiger charge is -2.19. The molecule has 0 aliphatic carbocycles. The summed E-state index contributed by atoms with van der Waals surface area (Å²) in [5, 5.41) is 2.85. The molecule has 0 saturated heterocycles. The molecule has 3 amide bonds. The summed E-state index contributed by atoms with van der Waals surface area (Å²) in [6, 6.07) is 15.7. The molecule has 150 valence electrons. The van der Waals surface area contributed by atoms with Crippen LogP contribution in [-0.4, -0.2) is 41.7 Å². The highest BCUT2D eigenvalue weighted by atomic mass is 16.5. The molecule has 1 N–H and O–H groups in total. The Hall–Kier alpha value is -3.48. The first-order chi connectivity index (χ1) is 14.0. The number of hydrogen-bond acceptors (Lipinski definition) is 5. The van der Waals surface area contributed by atoms with Crippen LogP contribution in [0.1, 0.15) is 52.1 Å². The minimum absolute atomic E-state index is 0.177. The fourth-order valence-electron chi connectivity index (χ4n) is 3.24. The molecular weight excluding hydrogens is 372 g/mol. The van der Waals surface area contributed by atoms with Crippen LogP contribution in [0.2, 0.25) is 0 Å². The molecule has 7 heteroatoms. The quantitative estimate of drug-likeness (QED) is 0.548. The Bertz CT molecular complexity index is 891. The molecule has 2 aromatic carbocycles. The van der Waals surface area contributed by atoms with Gasteiger partial charge in [-0.1, -0.05) is 55.8 Å². The lowest BCUT2D eigenvalue weighted by atomic mass is 10.0. The number of imide groups is 1. The highest BCUT2D eigenvalue weighted by Crippen LogP contribution is 2.22. The summed E-state index contributed by atoms with van der Waals surface area (Å²) in [7, 11) is 0. The fraction of sp³-hybridized carbons (Fsp3) is 0.273. The van der Waals surface area contributed by atoms with E-state index in [0.717, 1.165) is 23.3 Å². The Kier molecular flexibility index (Phi) is 6.39. The minimum Gasteiger partial charge on any atom is -0.454 e. The van der Waals surface area contributed by atoms with E-state index in [1.165, 1.54) is 12.1 Å². The maximum absolute atomic E-state index is 12.3. The van der Waals surface area contributed by atoms with Crippen LogP contribution in [0.25, 0.3) is 0 Å². The van der Waals surface area contributed by atoms with E-state index >= 15 is 0 Å². The smallest absolute Gasteiger partial charge is 0.326 e. The molecule has 0 bridgehead atoms. The summed E-state index contributed by atoms with van der Waals surface area (Å²) in [4.78, 5) is 49.7. The van der Waals surface area contributed by atoms with E-state index in [-0.39, 0.29) is 17.2 Å². The molecule has 2 aromatic rings.